The molecule has 5 N–H and O–H groups in total. The second kappa shape index (κ2) is 18.4. The Morgan fingerprint density at radius 1 is 0.772 bits per heavy atom. The Bertz CT molecular complexity index is 1430. The van der Waals surface area contributed by atoms with Crippen LogP contribution in [0.1, 0.15) is 190 Å². The minimum absolute atomic E-state index is 0.0397. The maximum Gasteiger partial charge on any atom is 0.306 e. The van der Waals surface area contributed by atoms with E-state index in [4.69, 9.17) is 5.11 Å². The number of amides is 2. The minimum Gasteiger partial charge on any atom is -0.481 e. The van der Waals surface area contributed by atoms with Gasteiger partial charge in [-0.15, -0.1) is 0 Å². The molecule has 0 spiro atoms. The van der Waals surface area contributed by atoms with E-state index >= 15 is 0 Å². The highest BCUT2D eigenvalue weighted by Gasteiger charge is 2.71. The number of carboxylic acids is 1. The Labute approximate surface area is 347 Å². The third-order valence-corrected chi connectivity index (χ3v) is 18.0. The van der Waals surface area contributed by atoms with Crippen molar-refractivity contribution in [3.63, 3.8) is 0 Å². The largest absolute Gasteiger partial charge is 0.481 e. The molecule has 5 rings (SSSR count). The van der Waals surface area contributed by atoms with Gasteiger partial charge in [0, 0.05) is 13.0 Å². The predicted molar refractivity (Wildman–Crippen MR) is 229 cm³/mol. The minimum atomic E-state index is -1.08. The molecule has 326 valence electrons. The van der Waals surface area contributed by atoms with Gasteiger partial charge in [0.2, 0.25) is 11.8 Å². The summed E-state index contributed by atoms with van der Waals surface area (Å²) in [7, 11) is 0. The van der Waals surface area contributed by atoms with Crippen molar-refractivity contribution in [1.29, 1.82) is 0 Å². The number of fused-ring (bicyclic) bond motifs is 7. The Morgan fingerprint density at radius 2 is 1.42 bits per heavy atom. The van der Waals surface area contributed by atoms with Crippen LogP contribution in [0, 0.1) is 62.6 Å². The van der Waals surface area contributed by atoms with Gasteiger partial charge in [-0.25, -0.2) is 0 Å². The van der Waals surface area contributed by atoms with Crippen molar-refractivity contribution in [2.75, 3.05) is 6.54 Å². The second-order valence-electron chi connectivity index (χ2n) is 22.0. The first-order valence-electron chi connectivity index (χ1n) is 23.6. The van der Waals surface area contributed by atoms with Crippen molar-refractivity contribution in [3.05, 3.63) is 12.2 Å². The number of hydrogen-bond acceptors (Lipinski definition) is 5. The van der Waals surface area contributed by atoms with Crippen molar-refractivity contribution >= 4 is 17.8 Å². The standard InChI is InChI=1S/C49H84N2O6/c1-32(2)30-36(37(52)31-42(55)56)51-41(54)18-16-14-12-10-11-13-15-17-29-50-44(57)49-26-21-34(33(3)4)43(49)35-19-20-39-46(7)24-23-40(53)45(5,6)38(46)22-25-48(39,9)47(35,8)27-28-49/h32,34-40,43,52-53H,3,10-31H2,1-2,4-9H3,(H,50,57)(H,51,54)(H,55,56)/t34-,35+,36+,37+,38-,39?,40-,43+,46-,47+,48+,49-/m0/s1. The summed E-state index contributed by atoms with van der Waals surface area (Å²) in [6.45, 7) is 24.1. The van der Waals surface area contributed by atoms with Gasteiger partial charge in [0.25, 0.3) is 0 Å². The summed E-state index contributed by atoms with van der Waals surface area (Å²) in [6.07, 6.45) is 18.9. The zero-order valence-corrected chi connectivity index (χ0v) is 37.5. The number of aliphatic hydroxyl groups is 2. The van der Waals surface area contributed by atoms with Crippen molar-refractivity contribution in [2.24, 2.45) is 62.6 Å². The van der Waals surface area contributed by atoms with Gasteiger partial charge >= 0.3 is 5.97 Å². The van der Waals surface area contributed by atoms with E-state index in [2.05, 4.69) is 58.8 Å². The van der Waals surface area contributed by atoms with Gasteiger partial charge in [0.15, 0.2) is 0 Å². The van der Waals surface area contributed by atoms with Crippen LogP contribution in [0.4, 0.5) is 0 Å². The fraction of sp³-hybridized carbons (Fsp3) is 0.898. The molecule has 2 amide bonds. The number of carbonyl (C=O) groups excluding carboxylic acids is 2. The number of unbranched alkanes of at least 4 members (excludes halogenated alkanes) is 7. The SMILES string of the molecule is C=C(C)[C@@H]1CC[C@]2(C(=O)NCCCCCCCCCCC(=O)N[C@H](CC(C)C)[C@H](O)CC(=O)O)CC[C@]3(C)[C@H](CCC4[C@@]5(C)CC[C@H](O)C(C)(C)[C@@H]5CC[C@]43C)[C@@H]12. The average Bonchev–Trinajstić information content (AvgIpc) is 3.53. The molecule has 5 saturated carbocycles. The van der Waals surface area contributed by atoms with E-state index in [0.717, 1.165) is 96.4 Å². The van der Waals surface area contributed by atoms with Gasteiger partial charge in [0.1, 0.15) is 0 Å². The third kappa shape index (κ3) is 9.08. The van der Waals surface area contributed by atoms with Gasteiger partial charge < -0.3 is 26.0 Å². The number of rotatable bonds is 19. The molecule has 5 fully saturated rings. The molecular formula is C49H84N2O6. The lowest BCUT2D eigenvalue weighted by Gasteiger charge is -2.72. The first kappa shape index (κ1) is 46.1. The van der Waals surface area contributed by atoms with Gasteiger partial charge in [0.05, 0.1) is 30.1 Å². The Balaban J connectivity index is 1.07. The third-order valence-electron chi connectivity index (χ3n) is 18.0. The normalized spacial score (nSPS) is 37.9. The highest BCUT2D eigenvalue weighted by Crippen LogP contribution is 2.77. The zero-order chi connectivity index (χ0) is 42.0. The zero-order valence-electron chi connectivity index (χ0n) is 37.5. The van der Waals surface area contributed by atoms with Crippen molar-refractivity contribution in [1.82, 2.24) is 10.6 Å². The van der Waals surface area contributed by atoms with Crippen LogP contribution in [-0.4, -0.2) is 57.9 Å². The maximum absolute atomic E-state index is 14.5. The molecule has 0 bridgehead atoms. The summed E-state index contributed by atoms with van der Waals surface area (Å²) in [5, 5.41) is 36.8. The van der Waals surface area contributed by atoms with Gasteiger partial charge in [-0.05, 0) is 148 Å². The van der Waals surface area contributed by atoms with Crippen molar-refractivity contribution < 1.29 is 29.7 Å². The number of aliphatic hydroxyl groups excluding tert-OH is 2. The number of hydrogen-bond donors (Lipinski definition) is 5. The summed E-state index contributed by atoms with van der Waals surface area (Å²) in [5.74, 6) is 1.94. The Morgan fingerprint density at radius 3 is 2.05 bits per heavy atom. The Kier molecular flexibility index (Phi) is 14.9. The summed E-state index contributed by atoms with van der Waals surface area (Å²) in [6, 6.07) is -0.534. The summed E-state index contributed by atoms with van der Waals surface area (Å²) >= 11 is 0. The molecule has 0 radical (unpaired) electrons. The molecule has 0 heterocycles. The van der Waals surface area contributed by atoms with Crippen LogP contribution < -0.4 is 10.6 Å². The highest BCUT2D eigenvalue weighted by molar-refractivity contribution is 5.84. The van der Waals surface area contributed by atoms with Gasteiger partial charge in [-0.3, -0.25) is 14.4 Å². The maximum atomic E-state index is 14.5. The fourth-order valence-corrected chi connectivity index (χ4v) is 14.8. The van der Waals surface area contributed by atoms with E-state index in [9.17, 15) is 24.6 Å². The number of carbonyl (C=O) groups is 3. The average molecular weight is 797 g/mol. The topological polar surface area (TPSA) is 136 Å². The molecule has 57 heavy (non-hydrogen) atoms. The molecule has 0 saturated heterocycles. The number of nitrogens with one attached hydrogen (secondary N) is 2. The molecule has 5 aliphatic carbocycles. The lowest BCUT2D eigenvalue weighted by atomic mass is 9.32. The van der Waals surface area contributed by atoms with E-state index in [-0.39, 0.29) is 51.4 Å². The van der Waals surface area contributed by atoms with E-state index in [0.29, 0.717) is 48.3 Å². The first-order chi connectivity index (χ1) is 26.7. The van der Waals surface area contributed by atoms with Crippen LogP contribution in [0.5, 0.6) is 0 Å². The summed E-state index contributed by atoms with van der Waals surface area (Å²) < 4.78 is 0. The monoisotopic (exact) mass is 797 g/mol. The summed E-state index contributed by atoms with van der Waals surface area (Å²) in [4.78, 5) is 38.1. The number of allylic oxidation sites excluding steroid dienone is 1. The molecule has 8 nitrogen and oxygen atoms in total. The van der Waals surface area contributed by atoms with Crippen LogP contribution in [0.25, 0.3) is 0 Å². The molecule has 0 aromatic rings. The molecule has 0 aromatic carbocycles. The van der Waals surface area contributed by atoms with Crippen molar-refractivity contribution in [2.45, 2.75) is 208 Å². The fourth-order valence-electron chi connectivity index (χ4n) is 14.8. The quantitative estimate of drug-likeness (QED) is 0.0653. The number of carboxylic acid groups (broad SMARTS) is 1. The van der Waals surface area contributed by atoms with Crippen LogP contribution in [0.2, 0.25) is 0 Å². The molecule has 0 aromatic heterocycles. The molecular weight excluding hydrogens is 713 g/mol. The molecule has 1 unspecified atom stereocenters. The number of aliphatic carboxylic acids is 1. The predicted octanol–water partition coefficient (Wildman–Crippen LogP) is 10.00. The van der Waals surface area contributed by atoms with Crippen LogP contribution in [-0.2, 0) is 14.4 Å². The first-order valence-corrected chi connectivity index (χ1v) is 23.6. The van der Waals surface area contributed by atoms with Gasteiger partial charge in [-0.2, -0.15) is 0 Å². The van der Waals surface area contributed by atoms with E-state index in [1.54, 1.807) is 0 Å². The summed E-state index contributed by atoms with van der Waals surface area (Å²) in [5.41, 5.74) is 1.65. The second-order valence-corrected chi connectivity index (χ2v) is 22.0. The van der Waals surface area contributed by atoms with E-state index in [1.807, 2.05) is 13.8 Å². The van der Waals surface area contributed by atoms with Crippen LogP contribution in [0.3, 0.4) is 0 Å². The molecule has 5 aliphatic rings. The molecule has 8 heteroatoms. The highest BCUT2D eigenvalue weighted by atomic mass is 16.4. The van der Waals surface area contributed by atoms with Gasteiger partial charge in [-0.1, -0.05) is 99.1 Å². The smallest absolute Gasteiger partial charge is 0.306 e. The lowest BCUT2D eigenvalue weighted by molar-refractivity contribution is -0.246. The Hall–Kier alpha value is -1.93. The van der Waals surface area contributed by atoms with Crippen molar-refractivity contribution in [3.8, 4) is 0 Å². The van der Waals surface area contributed by atoms with Crippen LogP contribution in [0.15, 0.2) is 12.2 Å². The molecule has 0 aliphatic heterocycles. The van der Waals surface area contributed by atoms with E-state index < -0.39 is 18.1 Å². The van der Waals surface area contributed by atoms with Crippen LogP contribution >= 0.6 is 0 Å². The molecule has 12 atom stereocenters. The lowest BCUT2D eigenvalue weighted by Crippen LogP contribution is -2.67. The van der Waals surface area contributed by atoms with E-state index in [1.165, 1.54) is 31.3 Å².